The molecule has 1 atom stereocenters. The summed E-state index contributed by atoms with van der Waals surface area (Å²) in [5, 5.41) is 0. The molecule has 3 heteroatoms. The first-order chi connectivity index (χ1) is 10.6. The quantitative estimate of drug-likeness (QED) is 0.714. The normalized spacial score (nSPS) is 29.9. The Balaban J connectivity index is 1.57. The van der Waals surface area contributed by atoms with Crippen molar-refractivity contribution in [3.05, 3.63) is 0 Å². The van der Waals surface area contributed by atoms with Crippen molar-refractivity contribution < 1.29 is 4.74 Å². The Hall–Kier alpha value is -0.120. The fourth-order valence-corrected chi connectivity index (χ4v) is 4.20. The molecule has 0 aromatic heterocycles. The molecule has 1 saturated carbocycles. The summed E-state index contributed by atoms with van der Waals surface area (Å²) in [6, 6.07) is 0.711. The van der Waals surface area contributed by atoms with E-state index in [0.717, 1.165) is 11.8 Å². The lowest BCUT2D eigenvalue weighted by Crippen LogP contribution is -2.49. The molecule has 0 aromatic carbocycles. The summed E-state index contributed by atoms with van der Waals surface area (Å²) in [5.74, 6) is 1.84. The number of methoxy groups -OCH3 is 1. The fraction of sp³-hybridized carbons (Fsp3) is 1.00. The van der Waals surface area contributed by atoms with Gasteiger partial charge in [-0.25, -0.2) is 0 Å². The smallest absolute Gasteiger partial charge is 0.0571 e. The average Bonchev–Trinajstić information content (AvgIpc) is 2.54. The molecule has 1 saturated heterocycles. The lowest BCUT2D eigenvalue weighted by molar-refractivity contribution is 0.0522. The molecule has 130 valence electrons. The highest BCUT2D eigenvalue weighted by Gasteiger charge is 2.23. The van der Waals surface area contributed by atoms with E-state index in [-0.39, 0.29) is 0 Å². The summed E-state index contributed by atoms with van der Waals surface area (Å²) < 4.78 is 5.49. The van der Waals surface area contributed by atoms with Gasteiger partial charge in [-0.2, -0.15) is 0 Å². The van der Waals surface area contributed by atoms with Crippen LogP contribution in [0.25, 0.3) is 0 Å². The molecule has 2 fully saturated rings. The first kappa shape index (κ1) is 18.2. The molecule has 0 radical (unpaired) electrons. The van der Waals surface area contributed by atoms with Crippen molar-refractivity contribution in [2.75, 3.05) is 39.8 Å². The number of piperazine rings is 1. The van der Waals surface area contributed by atoms with Gasteiger partial charge in [0.1, 0.15) is 0 Å². The molecule has 1 aliphatic carbocycles. The molecule has 0 amide bonds. The van der Waals surface area contributed by atoms with Crippen LogP contribution in [0.4, 0.5) is 0 Å². The van der Waals surface area contributed by atoms with E-state index in [0.29, 0.717) is 12.1 Å². The summed E-state index contributed by atoms with van der Waals surface area (Å²) in [7, 11) is 1.87. The largest absolute Gasteiger partial charge is 0.381 e. The van der Waals surface area contributed by atoms with Crippen molar-refractivity contribution in [3.63, 3.8) is 0 Å². The summed E-state index contributed by atoms with van der Waals surface area (Å²) in [4.78, 5) is 5.28. The van der Waals surface area contributed by atoms with Gasteiger partial charge in [0.15, 0.2) is 0 Å². The van der Waals surface area contributed by atoms with Crippen LogP contribution in [0.5, 0.6) is 0 Å². The second-order valence-electron chi connectivity index (χ2n) is 7.98. The van der Waals surface area contributed by atoms with Crippen LogP contribution in [0.1, 0.15) is 59.3 Å². The topological polar surface area (TPSA) is 15.7 Å². The Morgan fingerprint density at radius 3 is 2.14 bits per heavy atom. The Labute approximate surface area is 138 Å². The van der Waals surface area contributed by atoms with E-state index < -0.39 is 0 Å². The van der Waals surface area contributed by atoms with E-state index in [9.17, 15) is 0 Å². The highest BCUT2D eigenvalue weighted by Crippen LogP contribution is 2.31. The zero-order chi connectivity index (χ0) is 15.9. The standard InChI is InChI=1S/C19H38N2O/c1-16(2)21-13-11-20(12-14-21)10-9-17(3)15-18-5-7-19(22-4)8-6-18/h16-19H,5-15H2,1-4H3/t17-,18-,19-/m0/s1. The van der Waals surface area contributed by atoms with Gasteiger partial charge in [0.2, 0.25) is 0 Å². The number of hydrogen-bond acceptors (Lipinski definition) is 3. The molecule has 2 aliphatic rings. The summed E-state index contributed by atoms with van der Waals surface area (Å²) in [6.07, 6.45) is 8.69. The maximum Gasteiger partial charge on any atom is 0.0571 e. The minimum Gasteiger partial charge on any atom is -0.381 e. The van der Waals surface area contributed by atoms with Gasteiger partial charge >= 0.3 is 0 Å². The first-order valence-corrected chi connectivity index (χ1v) is 9.57. The number of rotatable bonds is 7. The summed E-state index contributed by atoms with van der Waals surface area (Å²) in [6.45, 7) is 13.5. The molecular formula is C19H38N2O. The van der Waals surface area contributed by atoms with Gasteiger partial charge in [-0.3, -0.25) is 4.90 Å². The molecule has 0 spiro atoms. The molecular weight excluding hydrogens is 272 g/mol. The van der Waals surface area contributed by atoms with E-state index in [1.54, 1.807) is 0 Å². The second-order valence-corrected chi connectivity index (χ2v) is 7.98. The van der Waals surface area contributed by atoms with Crippen LogP contribution in [0, 0.1) is 11.8 Å². The summed E-state index contributed by atoms with van der Waals surface area (Å²) >= 11 is 0. The molecule has 0 N–H and O–H groups in total. The third-order valence-electron chi connectivity index (χ3n) is 5.94. The van der Waals surface area contributed by atoms with Gasteiger partial charge in [-0.15, -0.1) is 0 Å². The van der Waals surface area contributed by atoms with Crippen molar-refractivity contribution in [1.82, 2.24) is 9.80 Å². The van der Waals surface area contributed by atoms with Crippen LogP contribution in [-0.2, 0) is 4.74 Å². The first-order valence-electron chi connectivity index (χ1n) is 9.57. The van der Waals surface area contributed by atoms with Gasteiger partial charge in [0, 0.05) is 39.3 Å². The molecule has 3 nitrogen and oxygen atoms in total. The van der Waals surface area contributed by atoms with Crippen molar-refractivity contribution in [2.24, 2.45) is 11.8 Å². The zero-order valence-electron chi connectivity index (χ0n) is 15.4. The molecule has 0 bridgehead atoms. The van der Waals surface area contributed by atoms with Crippen LogP contribution in [0.2, 0.25) is 0 Å². The van der Waals surface area contributed by atoms with Gasteiger partial charge in [0.05, 0.1) is 6.10 Å². The molecule has 0 aromatic rings. The van der Waals surface area contributed by atoms with Gasteiger partial charge in [-0.05, 0) is 70.8 Å². The van der Waals surface area contributed by atoms with Crippen LogP contribution in [-0.4, -0.2) is 61.8 Å². The minimum absolute atomic E-state index is 0.545. The second kappa shape index (κ2) is 9.24. The lowest BCUT2D eigenvalue weighted by atomic mass is 9.81. The van der Waals surface area contributed by atoms with Crippen molar-refractivity contribution in [1.29, 1.82) is 0 Å². The van der Waals surface area contributed by atoms with Gasteiger partial charge < -0.3 is 9.64 Å². The number of hydrogen-bond donors (Lipinski definition) is 0. The Kier molecular flexibility index (Phi) is 7.66. The fourth-order valence-electron chi connectivity index (χ4n) is 4.20. The van der Waals surface area contributed by atoms with Crippen LogP contribution in [0.3, 0.4) is 0 Å². The van der Waals surface area contributed by atoms with Crippen LogP contribution in [0.15, 0.2) is 0 Å². The Bertz CT molecular complexity index is 292. The minimum atomic E-state index is 0.545. The van der Waals surface area contributed by atoms with E-state index in [1.165, 1.54) is 71.2 Å². The third-order valence-corrected chi connectivity index (χ3v) is 5.94. The lowest BCUT2D eigenvalue weighted by Gasteiger charge is -2.37. The van der Waals surface area contributed by atoms with E-state index >= 15 is 0 Å². The number of ether oxygens (including phenoxy) is 1. The van der Waals surface area contributed by atoms with E-state index in [1.807, 2.05) is 7.11 Å². The molecule has 2 rings (SSSR count). The van der Waals surface area contributed by atoms with Crippen LogP contribution < -0.4 is 0 Å². The van der Waals surface area contributed by atoms with E-state index in [2.05, 4.69) is 30.6 Å². The highest BCUT2D eigenvalue weighted by molar-refractivity contribution is 4.77. The van der Waals surface area contributed by atoms with Crippen molar-refractivity contribution in [3.8, 4) is 0 Å². The van der Waals surface area contributed by atoms with Crippen molar-refractivity contribution in [2.45, 2.75) is 71.4 Å². The Morgan fingerprint density at radius 1 is 0.955 bits per heavy atom. The van der Waals surface area contributed by atoms with Gasteiger partial charge in [0.25, 0.3) is 0 Å². The van der Waals surface area contributed by atoms with Gasteiger partial charge in [-0.1, -0.05) is 6.92 Å². The zero-order valence-corrected chi connectivity index (χ0v) is 15.4. The maximum absolute atomic E-state index is 5.49. The molecule has 22 heavy (non-hydrogen) atoms. The summed E-state index contributed by atoms with van der Waals surface area (Å²) in [5.41, 5.74) is 0. The maximum atomic E-state index is 5.49. The Morgan fingerprint density at radius 2 is 1.59 bits per heavy atom. The third kappa shape index (κ3) is 5.82. The van der Waals surface area contributed by atoms with E-state index in [4.69, 9.17) is 4.74 Å². The predicted molar refractivity (Wildman–Crippen MR) is 94.3 cm³/mol. The number of nitrogens with zero attached hydrogens (tertiary/aromatic N) is 2. The highest BCUT2D eigenvalue weighted by atomic mass is 16.5. The SMILES string of the molecule is CO[C@H]1CC[C@H](C[C@@H](C)CCN2CCN(C(C)C)CC2)CC1. The molecule has 1 aliphatic heterocycles. The average molecular weight is 311 g/mol. The molecule has 0 unspecified atom stereocenters. The monoisotopic (exact) mass is 310 g/mol. The van der Waals surface area contributed by atoms with Crippen LogP contribution >= 0.6 is 0 Å². The van der Waals surface area contributed by atoms with Crippen molar-refractivity contribution >= 4 is 0 Å². The predicted octanol–water partition coefficient (Wildman–Crippen LogP) is 3.63. The molecule has 1 heterocycles.